The van der Waals surface area contributed by atoms with Crippen LogP contribution in [0.1, 0.15) is 28.4 Å². The fourth-order valence-electron chi connectivity index (χ4n) is 2.62. The van der Waals surface area contributed by atoms with E-state index in [2.05, 4.69) is 25.7 Å². The number of aryl methyl sites for hydroxylation is 1. The highest BCUT2D eigenvalue weighted by Crippen LogP contribution is 2.22. The Morgan fingerprint density at radius 3 is 2.42 bits per heavy atom. The molecule has 0 unspecified atom stereocenters. The molecule has 0 aliphatic carbocycles. The number of phenolic OH excluding ortho intramolecular Hbond substituents is 1. The molecule has 4 N–H and O–H groups in total. The largest absolute Gasteiger partial charge is 0.508 e. The molecule has 0 atom stereocenters. The summed E-state index contributed by atoms with van der Waals surface area (Å²) < 4.78 is 29.8. The molecule has 0 radical (unpaired) electrons. The van der Waals surface area contributed by atoms with E-state index < -0.39 is 6.61 Å². The van der Waals surface area contributed by atoms with Gasteiger partial charge in [0.15, 0.2) is 5.96 Å². The topological polar surface area (TPSA) is 95.0 Å². The molecule has 0 heterocycles. The zero-order valence-corrected chi connectivity index (χ0v) is 19.7. The highest BCUT2D eigenvalue weighted by Gasteiger charge is 2.10. The predicted octanol–water partition coefficient (Wildman–Crippen LogP) is 3.41. The van der Waals surface area contributed by atoms with Crippen molar-refractivity contribution in [2.45, 2.75) is 27.0 Å². The van der Waals surface area contributed by atoms with Crippen molar-refractivity contribution in [3.8, 4) is 11.5 Å². The number of aromatic hydroxyl groups is 1. The lowest BCUT2D eigenvalue weighted by Crippen LogP contribution is -2.41. The Balaban J connectivity index is 0.00000480. The van der Waals surface area contributed by atoms with E-state index in [9.17, 15) is 18.7 Å². The van der Waals surface area contributed by atoms with Crippen molar-refractivity contribution < 1.29 is 23.4 Å². The van der Waals surface area contributed by atoms with Crippen molar-refractivity contribution in [3.63, 3.8) is 0 Å². The van der Waals surface area contributed by atoms with Crippen LogP contribution in [0, 0.1) is 6.92 Å². The summed E-state index contributed by atoms with van der Waals surface area (Å²) >= 11 is 0. The standard InChI is InChI=1S/C21H26F2N4O3.HI/c1-3-24-21(26-11-10-25-19(29)15-5-7-17(28)8-6-15)27-13-16-12-14(2)4-9-18(16)30-20(22)23;/h4-9,12,20,28H,3,10-11,13H2,1-2H3,(H,25,29)(H2,24,26,27);1H. The normalized spacial score (nSPS) is 10.9. The van der Waals surface area contributed by atoms with E-state index in [0.717, 1.165) is 5.56 Å². The number of aliphatic imine (C=N–C) groups is 1. The molecule has 0 spiro atoms. The minimum atomic E-state index is -2.90. The number of nitrogens with one attached hydrogen (secondary N) is 3. The number of phenols is 1. The van der Waals surface area contributed by atoms with Crippen LogP contribution in [-0.4, -0.2) is 43.2 Å². The van der Waals surface area contributed by atoms with Gasteiger partial charge in [-0.25, -0.2) is 4.99 Å². The molecule has 0 aliphatic heterocycles. The molecule has 0 aliphatic rings. The molecule has 10 heteroatoms. The summed E-state index contributed by atoms with van der Waals surface area (Å²) in [6, 6.07) is 10.9. The van der Waals surface area contributed by atoms with Crippen LogP contribution >= 0.6 is 24.0 Å². The molecule has 170 valence electrons. The Labute approximate surface area is 197 Å². The first kappa shape index (κ1) is 26.4. The molecule has 2 aromatic carbocycles. The zero-order chi connectivity index (χ0) is 21.9. The number of amides is 1. The zero-order valence-electron chi connectivity index (χ0n) is 17.3. The van der Waals surface area contributed by atoms with Gasteiger partial charge in [0.1, 0.15) is 11.5 Å². The Bertz CT molecular complexity index is 864. The third-order valence-electron chi connectivity index (χ3n) is 4.02. The number of carbonyl (C=O) groups is 1. The first-order valence-electron chi connectivity index (χ1n) is 9.52. The second-order valence-electron chi connectivity index (χ2n) is 6.41. The minimum Gasteiger partial charge on any atom is -0.508 e. The fraction of sp³-hybridized carbons (Fsp3) is 0.333. The molecule has 1 amide bonds. The van der Waals surface area contributed by atoms with E-state index in [1.54, 1.807) is 12.1 Å². The number of guanidine groups is 1. The van der Waals surface area contributed by atoms with Crippen LogP contribution in [0.3, 0.4) is 0 Å². The summed E-state index contributed by atoms with van der Waals surface area (Å²) in [5.74, 6) is 0.417. The van der Waals surface area contributed by atoms with Crippen molar-refractivity contribution >= 4 is 35.8 Å². The highest BCUT2D eigenvalue weighted by molar-refractivity contribution is 14.0. The second-order valence-corrected chi connectivity index (χ2v) is 6.41. The predicted molar refractivity (Wildman–Crippen MR) is 126 cm³/mol. The van der Waals surface area contributed by atoms with Crippen LogP contribution in [0.15, 0.2) is 47.5 Å². The molecule has 2 aromatic rings. The van der Waals surface area contributed by atoms with E-state index in [4.69, 9.17) is 0 Å². The van der Waals surface area contributed by atoms with Crippen molar-refractivity contribution in [2.24, 2.45) is 4.99 Å². The highest BCUT2D eigenvalue weighted by atomic mass is 127. The van der Waals surface area contributed by atoms with Crippen LogP contribution in [0.25, 0.3) is 0 Å². The number of hydrogen-bond acceptors (Lipinski definition) is 4. The Hall–Kier alpha value is -2.63. The monoisotopic (exact) mass is 548 g/mol. The van der Waals surface area contributed by atoms with Gasteiger partial charge in [0.25, 0.3) is 5.91 Å². The minimum absolute atomic E-state index is 0. The van der Waals surface area contributed by atoms with Gasteiger partial charge in [-0.1, -0.05) is 17.7 Å². The average Bonchev–Trinajstić information content (AvgIpc) is 2.71. The number of hydrogen-bond donors (Lipinski definition) is 4. The van der Waals surface area contributed by atoms with Gasteiger partial charge in [0.2, 0.25) is 0 Å². The van der Waals surface area contributed by atoms with E-state index >= 15 is 0 Å². The Morgan fingerprint density at radius 2 is 1.77 bits per heavy atom. The molecular weight excluding hydrogens is 521 g/mol. The maximum absolute atomic E-state index is 12.6. The SMILES string of the molecule is CCNC(=NCc1cc(C)ccc1OC(F)F)NCCNC(=O)c1ccc(O)cc1.I. The second kappa shape index (κ2) is 13.6. The van der Waals surface area contributed by atoms with E-state index in [1.807, 2.05) is 13.8 Å². The summed E-state index contributed by atoms with van der Waals surface area (Å²) in [6.07, 6.45) is 0. The lowest BCUT2D eigenvalue weighted by atomic mass is 10.1. The molecule has 31 heavy (non-hydrogen) atoms. The quantitative estimate of drug-likeness (QED) is 0.167. The summed E-state index contributed by atoms with van der Waals surface area (Å²) in [4.78, 5) is 16.5. The summed E-state index contributed by atoms with van der Waals surface area (Å²) in [5, 5.41) is 18.2. The summed E-state index contributed by atoms with van der Waals surface area (Å²) in [7, 11) is 0. The van der Waals surface area contributed by atoms with Crippen molar-refractivity contribution in [3.05, 3.63) is 59.2 Å². The smallest absolute Gasteiger partial charge is 0.387 e. The lowest BCUT2D eigenvalue weighted by Gasteiger charge is -2.13. The van der Waals surface area contributed by atoms with Crippen LogP contribution < -0.4 is 20.7 Å². The van der Waals surface area contributed by atoms with Crippen LogP contribution in [0.5, 0.6) is 11.5 Å². The van der Waals surface area contributed by atoms with Gasteiger partial charge in [0, 0.05) is 30.8 Å². The number of benzene rings is 2. The molecule has 0 bridgehead atoms. The Morgan fingerprint density at radius 1 is 1.10 bits per heavy atom. The molecule has 0 aromatic heterocycles. The van der Waals surface area contributed by atoms with Gasteiger partial charge >= 0.3 is 6.61 Å². The van der Waals surface area contributed by atoms with E-state index in [1.165, 1.54) is 30.3 Å². The number of alkyl halides is 2. The lowest BCUT2D eigenvalue weighted by molar-refractivity contribution is -0.0504. The first-order valence-corrected chi connectivity index (χ1v) is 9.52. The maximum Gasteiger partial charge on any atom is 0.387 e. The molecule has 0 saturated carbocycles. The van der Waals surface area contributed by atoms with Crippen molar-refractivity contribution in [1.82, 2.24) is 16.0 Å². The van der Waals surface area contributed by atoms with Crippen LogP contribution in [-0.2, 0) is 6.54 Å². The number of carbonyl (C=O) groups excluding carboxylic acids is 1. The summed E-state index contributed by atoms with van der Waals surface area (Å²) in [5.41, 5.74) is 1.91. The van der Waals surface area contributed by atoms with Crippen molar-refractivity contribution in [1.29, 1.82) is 0 Å². The molecule has 2 rings (SSSR count). The average molecular weight is 548 g/mol. The third-order valence-corrected chi connectivity index (χ3v) is 4.02. The Kier molecular flexibility index (Phi) is 11.6. The van der Waals surface area contributed by atoms with Crippen molar-refractivity contribution in [2.75, 3.05) is 19.6 Å². The molecule has 7 nitrogen and oxygen atoms in total. The number of rotatable bonds is 9. The van der Waals surface area contributed by atoms with Crippen LogP contribution in [0.4, 0.5) is 8.78 Å². The first-order chi connectivity index (χ1) is 14.4. The maximum atomic E-state index is 12.6. The van der Waals surface area contributed by atoms with E-state index in [0.29, 0.717) is 36.7 Å². The molecule has 0 fully saturated rings. The van der Waals surface area contributed by atoms with Crippen LogP contribution in [0.2, 0.25) is 0 Å². The van der Waals surface area contributed by atoms with Gasteiger partial charge in [-0.2, -0.15) is 8.78 Å². The number of halogens is 3. The fourth-order valence-corrected chi connectivity index (χ4v) is 2.62. The van der Waals surface area contributed by atoms with Gasteiger partial charge in [-0.3, -0.25) is 4.79 Å². The summed E-state index contributed by atoms with van der Waals surface area (Å²) in [6.45, 7) is 2.37. The van der Waals surface area contributed by atoms with Gasteiger partial charge in [-0.15, -0.1) is 24.0 Å². The van der Waals surface area contributed by atoms with Gasteiger partial charge < -0.3 is 25.8 Å². The molecular formula is C21H27F2IN4O3. The third kappa shape index (κ3) is 9.37. The number of nitrogens with zero attached hydrogens (tertiary/aromatic N) is 1. The van der Waals surface area contributed by atoms with E-state index in [-0.39, 0.29) is 47.9 Å². The molecule has 0 saturated heterocycles. The van der Waals surface area contributed by atoms with Gasteiger partial charge in [-0.05, 0) is 44.2 Å². The van der Waals surface area contributed by atoms with Gasteiger partial charge in [0.05, 0.1) is 6.54 Å². The number of ether oxygens (including phenoxy) is 1.